The first-order valence-electron chi connectivity index (χ1n) is 6.12. The third kappa shape index (κ3) is 2.57. The zero-order valence-corrected chi connectivity index (χ0v) is 11.1. The van der Waals surface area contributed by atoms with Crippen molar-refractivity contribution < 1.29 is 0 Å². The Hall–Kier alpha value is -1.57. The lowest BCUT2D eigenvalue weighted by molar-refractivity contribution is 0.858. The number of aromatic nitrogens is 2. The van der Waals surface area contributed by atoms with E-state index in [2.05, 4.69) is 47.8 Å². The molecule has 17 heavy (non-hydrogen) atoms. The van der Waals surface area contributed by atoms with Gasteiger partial charge in [-0.05, 0) is 50.3 Å². The van der Waals surface area contributed by atoms with E-state index in [1.54, 1.807) is 0 Å². The number of aryl methyl sites for hydroxylation is 5. The highest BCUT2D eigenvalue weighted by atomic mass is 15.0. The van der Waals surface area contributed by atoms with Crippen LogP contribution in [0.4, 0.5) is 0 Å². The van der Waals surface area contributed by atoms with E-state index in [1.165, 1.54) is 22.4 Å². The zero-order valence-electron chi connectivity index (χ0n) is 11.1. The van der Waals surface area contributed by atoms with Crippen molar-refractivity contribution >= 4 is 0 Å². The highest BCUT2D eigenvalue weighted by Gasteiger charge is 2.04. The molecule has 2 heteroatoms. The normalized spacial score (nSPS) is 10.8. The number of imidazole rings is 1. The Kier molecular flexibility index (Phi) is 3.32. The molecule has 90 valence electrons. The fraction of sp³-hybridized carbons (Fsp3) is 0.400. The predicted octanol–water partition coefficient (Wildman–Crippen LogP) is 3.13. The summed E-state index contributed by atoms with van der Waals surface area (Å²) in [6.07, 6.45) is 4.22. The number of hydrogen-bond donors (Lipinski definition) is 0. The van der Waals surface area contributed by atoms with Gasteiger partial charge in [0, 0.05) is 13.2 Å². The van der Waals surface area contributed by atoms with Gasteiger partial charge in [0.05, 0.1) is 5.69 Å². The quantitative estimate of drug-likeness (QED) is 0.789. The summed E-state index contributed by atoms with van der Waals surface area (Å²) in [7, 11) is 2.05. The van der Waals surface area contributed by atoms with Crippen molar-refractivity contribution in [2.75, 3.05) is 0 Å². The van der Waals surface area contributed by atoms with Gasteiger partial charge >= 0.3 is 0 Å². The van der Waals surface area contributed by atoms with Crippen LogP contribution in [-0.2, 0) is 19.9 Å². The second kappa shape index (κ2) is 4.74. The Bertz CT molecular complexity index is 504. The molecule has 0 saturated heterocycles. The third-order valence-corrected chi connectivity index (χ3v) is 3.53. The number of benzene rings is 1. The van der Waals surface area contributed by atoms with Crippen LogP contribution in [-0.4, -0.2) is 9.55 Å². The Morgan fingerprint density at radius 1 is 1.12 bits per heavy atom. The molecule has 1 heterocycles. The number of rotatable bonds is 3. The van der Waals surface area contributed by atoms with E-state index in [1.807, 2.05) is 14.0 Å². The van der Waals surface area contributed by atoms with Gasteiger partial charge in [0.1, 0.15) is 5.82 Å². The van der Waals surface area contributed by atoms with Crippen LogP contribution in [0.1, 0.15) is 28.2 Å². The van der Waals surface area contributed by atoms with Gasteiger partial charge in [0.2, 0.25) is 0 Å². The van der Waals surface area contributed by atoms with Crippen LogP contribution in [0.25, 0.3) is 0 Å². The minimum Gasteiger partial charge on any atom is -0.338 e. The summed E-state index contributed by atoms with van der Waals surface area (Å²) in [5.41, 5.74) is 5.42. The summed E-state index contributed by atoms with van der Waals surface area (Å²) >= 11 is 0. The van der Waals surface area contributed by atoms with Crippen LogP contribution in [0.5, 0.6) is 0 Å². The van der Waals surface area contributed by atoms with E-state index >= 15 is 0 Å². The fourth-order valence-corrected chi connectivity index (χ4v) is 2.10. The lowest BCUT2D eigenvalue weighted by Crippen LogP contribution is -1.96. The maximum Gasteiger partial charge on any atom is 0.105 e. The summed E-state index contributed by atoms with van der Waals surface area (Å²) in [6.45, 7) is 6.42. The molecule has 0 fully saturated rings. The predicted molar refractivity (Wildman–Crippen MR) is 71.3 cm³/mol. The molecule has 0 saturated carbocycles. The molecule has 0 aliphatic carbocycles. The van der Waals surface area contributed by atoms with Gasteiger partial charge in [0.25, 0.3) is 0 Å². The largest absolute Gasteiger partial charge is 0.338 e. The van der Waals surface area contributed by atoms with E-state index in [0.717, 1.165) is 18.7 Å². The van der Waals surface area contributed by atoms with Gasteiger partial charge < -0.3 is 4.57 Å². The minimum atomic E-state index is 1.02. The summed E-state index contributed by atoms with van der Waals surface area (Å²) in [5, 5.41) is 0. The number of hydrogen-bond acceptors (Lipinski definition) is 1. The molecule has 1 aromatic carbocycles. The summed E-state index contributed by atoms with van der Waals surface area (Å²) in [4.78, 5) is 4.54. The lowest BCUT2D eigenvalue weighted by Gasteiger charge is -2.07. The molecule has 0 atom stereocenters. The molecule has 0 radical (unpaired) electrons. The summed E-state index contributed by atoms with van der Waals surface area (Å²) in [5.74, 6) is 1.08. The van der Waals surface area contributed by atoms with Crippen LogP contribution in [0, 0.1) is 20.8 Å². The van der Waals surface area contributed by atoms with Gasteiger partial charge in [-0.2, -0.15) is 0 Å². The van der Waals surface area contributed by atoms with Crippen LogP contribution in [0.15, 0.2) is 24.4 Å². The molecule has 0 unspecified atom stereocenters. The van der Waals surface area contributed by atoms with E-state index in [9.17, 15) is 0 Å². The summed E-state index contributed by atoms with van der Waals surface area (Å²) < 4.78 is 2.08. The van der Waals surface area contributed by atoms with Crippen molar-refractivity contribution in [3.05, 3.63) is 52.6 Å². The SMILES string of the molecule is Cc1cccc(CCc2cn(C)c(C)n2)c1C. The van der Waals surface area contributed by atoms with Crippen molar-refractivity contribution in [2.24, 2.45) is 7.05 Å². The van der Waals surface area contributed by atoms with Crippen molar-refractivity contribution in [3.63, 3.8) is 0 Å². The van der Waals surface area contributed by atoms with E-state index < -0.39 is 0 Å². The Morgan fingerprint density at radius 3 is 2.53 bits per heavy atom. The molecule has 0 aliphatic rings. The van der Waals surface area contributed by atoms with Gasteiger partial charge in [-0.3, -0.25) is 0 Å². The summed E-state index contributed by atoms with van der Waals surface area (Å²) in [6, 6.07) is 6.53. The molecule has 0 bridgehead atoms. The number of nitrogens with zero attached hydrogens (tertiary/aromatic N) is 2. The van der Waals surface area contributed by atoms with Gasteiger partial charge in [-0.15, -0.1) is 0 Å². The first-order chi connectivity index (χ1) is 8.08. The van der Waals surface area contributed by atoms with Crippen LogP contribution >= 0.6 is 0 Å². The zero-order chi connectivity index (χ0) is 12.4. The van der Waals surface area contributed by atoms with Crippen molar-refractivity contribution in [1.29, 1.82) is 0 Å². The molecule has 2 aromatic rings. The average molecular weight is 228 g/mol. The van der Waals surface area contributed by atoms with Gasteiger partial charge in [0.15, 0.2) is 0 Å². The first kappa shape index (κ1) is 11.9. The first-order valence-corrected chi connectivity index (χ1v) is 6.12. The van der Waals surface area contributed by atoms with E-state index in [-0.39, 0.29) is 0 Å². The molecular formula is C15H20N2. The van der Waals surface area contributed by atoms with E-state index in [4.69, 9.17) is 0 Å². The van der Waals surface area contributed by atoms with Crippen LogP contribution in [0.2, 0.25) is 0 Å². The molecule has 0 amide bonds. The standard InChI is InChI=1S/C15H20N2/c1-11-6-5-7-14(12(11)2)8-9-15-10-17(4)13(3)16-15/h5-7,10H,8-9H2,1-4H3. The maximum absolute atomic E-state index is 4.54. The smallest absolute Gasteiger partial charge is 0.105 e. The van der Waals surface area contributed by atoms with Crippen molar-refractivity contribution in [1.82, 2.24) is 9.55 Å². The highest BCUT2D eigenvalue weighted by Crippen LogP contribution is 2.15. The lowest BCUT2D eigenvalue weighted by atomic mass is 9.99. The Morgan fingerprint density at radius 2 is 1.88 bits per heavy atom. The van der Waals surface area contributed by atoms with Crippen molar-refractivity contribution in [3.8, 4) is 0 Å². The topological polar surface area (TPSA) is 17.8 Å². The molecular weight excluding hydrogens is 208 g/mol. The van der Waals surface area contributed by atoms with Crippen LogP contribution in [0.3, 0.4) is 0 Å². The second-order valence-electron chi connectivity index (χ2n) is 4.75. The Balaban J connectivity index is 2.10. The van der Waals surface area contributed by atoms with Crippen molar-refractivity contribution in [2.45, 2.75) is 33.6 Å². The minimum absolute atomic E-state index is 1.02. The monoisotopic (exact) mass is 228 g/mol. The van der Waals surface area contributed by atoms with Crippen LogP contribution < -0.4 is 0 Å². The molecule has 0 N–H and O–H groups in total. The molecule has 2 nitrogen and oxygen atoms in total. The average Bonchev–Trinajstić information content (AvgIpc) is 2.61. The second-order valence-corrected chi connectivity index (χ2v) is 4.75. The molecule has 0 aliphatic heterocycles. The Labute approximate surface area is 103 Å². The highest BCUT2D eigenvalue weighted by molar-refractivity contribution is 5.33. The van der Waals surface area contributed by atoms with Gasteiger partial charge in [-0.25, -0.2) is 4.98 Å². The maximum atomic E-state index is 4.54. The fourth-order valence-electron chi connectivity index (χ4n) is 2.10. The molecule has 2 rings (SSSR count). The third-order valence-electron chi connectivity index (χ3n) is 3.53. The van der Waals surface area contributed by atoms with Gasteiger partial charge in [-0.1, -0.05) is 18.2 Å². The molecule has 0 spiro atoms. The van der Waals surface area contributed by atoms with E-state index in [0.29, 0.717) is 0 Å². The molecule has 1 aromatic heterocycles.